The highest BCUT2D eigenvalue weighted by Gasteiger charge is 2.13. The van der Waals surface area contributed by atoms with Crippen LogP contribution >= 0.6 is 0 Å². The molecule has 0 unspecified atom stereocenters. The van der Waals surface area contributed by atoms with Crippen molar-refractivity contribution in [1.82, 2.24) is 9.66 Å². The summed E-state index contributed by atoms with van der Waals surface area (Å²) in [6.07, 6.45) is 0. The lowest BCUT2D eigenvalue weighted by Crippen LogP contribution is -2.30. The van der Waals surface area contributed by atoms with Crippen LogP contribution in [0.1, 0.15) is 35.7 Å². The fraction of sp³-hybridized carbons (Fsp3) is 0.167. The Balaban J connectivity index is 2.22. The van der Waals surface area contributed by atoms with E-state index in [2.05, 4.69) is 18.8 Å². The molecule has 3 rings (SSSR count). The topological polar surface area (TPSA) is 98.2 Å². The van der Waals surface area contributed by atoms with Gasteiger partial charge in [0, 0.05) is 5.56 Å². The molecule has 6 nitrogen and oxygen atoms in total. The molecule has 6 heteroatoms. The summed E-state index contributed by atoms with van der Waals surface area (Å²) in [5, 5.41) is 9.38. The van der Waals surface area contributed by atoms with Crippen LogP contribution in [0.4, 0.5) is 0 Å². The number of carboxylic acids is 1. The van der Waals surface area contributed by atoms with Crippen molar-refractivity contribution in [3.8, 4) is 11.4 Å². The van der Waals surface area contributed by atoms with Crippen LogP contribution in [0.5, 0.6) is 0 Å². The van der Waals surface area contributed by atoms with E-state index in [1.165, 1.54) is 23.8 Å². The molecule has 1 heterocycles. The van der Waals surface area contributed by atoms with Gasteiger partial charge in [-0.3, -0.25) is 4.79 Å². The molecule has 0 spiro atoms. The van der Waals surface area contributed by atoms with Gasteiger partial charge in [-0.15, -0.1) is 0 Å². The van der Waals surface area contributed by atoms with Crippen LogP contribution in [0, 0.1) is 0 Å². The van der Waals surface area contributed by atoms with Gasteiger partial charge in [0.15, 0.2) is 5.82 Å². The molecule has 122 valence electrons. The molecular formula is C18H17N3O3. The van der Waals surface area contributed by atoms with Gasteiger partial charge in [0.2, 0.25) is 0 Å². The lowest BCUT2D eigenvalue weighted by atomic mass is 10.0. The molecular weight excluding hydrogens is 306 g/mol. The average Bonchev–Trinajstić information content (AvgIpc) is 2.57. The Morgan fingerprint density at radius 3 is 2.42 bits per heavy atom. The molecule has 24 heavy (non-hydrogen) atoms. The maximum atomic E-state index is 12.4. The first-order valence-electron chi connectivity index (χ1n) is 7.54. The van der Waals surface area contributed by atoms with E-state index in [4.69, 9.17) is 10.9 Å². The van der Waals surface area contributed by atoms with Gasteiger partial charge in [0.05, 0.1) is 16.5 Å². The number of fused-ring (bicyclic) bond motifs is 1. The first-order valence-corrected chi connectivity index (χ1v) is 7.54. The first-order chi connectivity index (χ1) is 11.4. The number of aromatic carboxylic acids is 1. The van der Waals surface area contributed by atoms with Crippen LogP contribution in [0.15, 0.2) is 47.3 Å². The van der Waals surface area contributed by atoms with Crippen LogP contribution in [0.25, 0.3) is 22.3 Å². The van der Waals surface area contributed by atoms with Crippen molar-refractivity contribution in [3.05, 3.63) is 63.9 Å². The molecule has 0 fully saturated rings. The molecule has 0 atom stereocenters. The van der Waals surface area contributed by atoms with Crippen molar-refractivity contribution in [2.24, 2.45) is 0 Å². The number of rotatable bonds is 3. The zero-order chi connectivity index (χ0) is 17.4. The maximum absolute atomic E-state index is 12.4. The summed E-state index contributed by atoms with van der Waals surface area (Å²) in [7, 11) is 0. The van der Waals surface area contributed by atoms with Crippen molar-refractivity contribution in [2.75, 3.05) is 5.84 Å². The van der Waals surface area contributed by atoms with Gasteiger partial charge in [0.1, 0.15) is 0 Å². The van der Waals surface area contributed by atoms with Gasteiger partial charge in [-0.05, 0) is 29.7 Å². The Bertz CT molecular complexity index is 989. The van der Waals surface area contributed by atoms with E-state index in [0.29, 0.717) is 22.8 Å². The van der Waals surface area contributed by atoms with E-state index in [-0.39, 0.29) is 10.9 Å². The predicted octanol–water partition coefficient (Wildman–Crippen LogP) is 2.60. The number of nitrogen functional groups attached to an aromatic ring is 1. The minimum atomic E-state index is -1.07. The maximum Gasteiger partial charge on any atom is 0.335 e. The molecule has 0 aliphatic heterocycles. The van der Waals surface area contributed by atoms with E-state index in [1.807, 2.05) is 24.3 Å². The number of aromatic nitrogens is 2. The number of carbonyl (C=O) groups is 1. The smallest absolute Gasteiger partial charge is 0.335 e. The van der Waals surface area contributed by atoms with Crippen LogP contribution in [-0.2, 0) is 0 Å². The van der Waals surface area contributed by atoms with Crippen LogP contribution in [-0.4, -0.2) is 20.7 Å². The Morgan fingerprint density at radius 1 is 1.17 bits per heavy atom. The number of benzene rings is 2. The van der Waals surface area contributed by atoms with Crippen molar-refractivity contribution >= 4 is 16.9 Å². The highest BCUT2D eigenvalue weighted by molar-refractivity contribution is 5.93. The Kier molecular flexibility index (Phi) is 3.81. The van der Waals surface area contributed by atoms with E-state index in [9.17, 15) is 9.59 Å². The minimum absolute atomic E-state index is 0.0743. The monoisotopic (exact) mass is 323 g/mol. The third-order valence-electron chi connectivity index (χ3n) is 3.98. The third-order valence-corrected chi connectivity index (χ3v) is 3.98. The summed E-state index contributed by atoms with van der Waals surface area (Å²) < 4.78 is 0.993. The lowest BCUT2D eigenvalue weighted by Gasteiger charge is -2.11. The van der Waals surface area contributed by atoms with Gasteiger partial charge in [0.25, 0.3) is 5.56 Å². The highest BCUT2D eigenvalue weighted by Crippen LogP contribution is 2.21. The number of hydrogen-bond acceptors (Lipinski definition) is 4. The van der Waals surface area contributed by atoms with Crippen molar-refractivity contribution in [3.63, 3.8) is 0 Å². The van der Waals surface area contributed by atoms with Gasteiger partial charge >= 0.3 is 5.97 Å². The van der Waals surface area contributed by atoms with Crippen molar-refractivity contribution in [2.45, 2.75) is 19.8 Å². The summed E-state index contributed by atoms with van der Waals surface area (Å²) in [5.41, 5.74) is 1.83. The standard InChI is InChI=1S/C18H17N3O3/c1-10(2)11-3-5-12(6-4-11)16-20-15-9-13(18(23)24)7-8-14(15)17(22)21(16)19/h3-10H,19H2,1-2H3,(H,23,24). The second kappa shape index (κ2) is 5.81. The quantitative estimate of drug-likeness (QED) is 0.722. The van der Waals surface area contributed by atoms with E-state index < -0.39 is 11.5 Å². The molecule has 1 aromatic heterocycles. The summed E-state index contributed by atoms with van der Waals surface area (Å²) >= 11 is 0. The number of carboxylic acid groups (broad SMARTS) is 1. The Hall–Kier alpha value is -3.15. The van der Waals surface area contributed by atoms with Crippen molar-refractivity contribution in [1.29, 1.82) is 0 Å². The summed E-state index contributed by atoms with van der Waals surface area (Å²) in [6, 6.07) is 11.8. The molecule has 0 saturated carbocycles. The molecule has 0 amide bonds. The van der Waals surface area contributed by atoms with Gasteiger partial charge in [-0.25, -0.2) is 14.5 Å². The minimum Gasteiger partial charge on any atom is -0.478 e. The van der Waals surface area contributed by atoms with Crippen LogP contribution < -0.4 is 11.4 Å². The Morgan fingerprint density at radius 2 is 1.83 bits per heavy atom. The molecule has 3 aromatic rings. The SMILES string of the molecule is CC(C)c1ccc(-c2nc3cc(C(=O)O)ccc3c(=O)n2N)cc1. The normalized spacial score (nSPS) is 11.1. The summed E-state index contributed by atoms with van der Waals surface area (Å²) in [5.74, 6) is 5.52. The van der Waals surface area contributed by atoms with Gasteiger partial charge in [-0.1, -0.05) is 38.1 Å². The number of nitrogens with two attached hydrogens (primary N) is 1. The molecule has 0 aliphatic rings. The molecule has 0 radical (unpaired) electrons. The fourth-order valence-corrected chi connectivity index (χ4v) is 2.55. The zero-order valence-corrected chi connectivity index (χ0v) is 13.4. The molecule has 0 bridgehead atoms. The molecule has 0 saturated heterocycles. The van der Waals surface area contributed by atoms with Crippen LogP contribution in [0.2, 0.25) is 0 Å². The molecule has 3 N–H and O–H groups in total. The van der Waals surface area contributed by atoms with Gasteiger partial charge < -0.3 is 10.9 Å². The van der Waals surface area contributed by atoms with Crippen LogP contribution in [0.3, 0.4) is 0 Å². The second-order valence-corrected chi connectivity index (χ2v) is 5.92. The first kappa shape index (κ1) is 15.7. The Labute approximate surface area is 138 Å². The summed E-state index contributed by atoms with van der Waals surface area (Å²) in [4.78, 5) is 27.9. The molecule has 2 aromatic carbocycles. The highest BCUT2D eigenvalue weighted by atomic mass is 16.4. The zero-order valence-electron chi connectivity index (χ0n) is 13.4. The van der Waals surface area contributed by atoms with Crippen molar-refractivity contribution < 1.29 is 9.90 Å². The van der Waals surface area contributed by atoms with E-state index in [1.54, 1.807) is 0 Å². The largest absolute Gasteiger partial charge is 0.478 e. The second-order valence-electron chi connectivity index (χ2n) is 5.92. The lowest BCUT2D eigenvalue weighted by molar-refractivity contribution is 0.0697. The summed E-state index contributed by atoms with van der Waals surface area (Å²) in [6.45, 7) is 4.19. The van der Waals surface area contributed by atoms with E-state index in [0.717, 1.165) is 4.68 Å². The third kappa shape index (κ3) is 2.62. The molecule has 0 aliphatic carbocycles. The average molecular weight is 323 g/mol. The van der Waals surface area contributed by atoms with E-state index >= 15 is 0 Å². The fourth-order valence-electron chi connectivity index (χ4n) is 2.55. The number of hydrogen-bond donors (Lipinski definition) is 2. The van der Waals surface area contributed by atoms with Gasteiger partial charge in [-0.2, -0.15) is 0 Å². The predicted molar refractivity (Wildman–Crippen MR) is 92.6 cm³/mol. The number of nitrogens with zero attached hydrogens (tertiary/aromatic N) is 2.